The van der Waals surface area contributed by atoms with E-state index < -0.39 is 42.1 Å². The fourth-order valence-electron chi connectivity index (χ4n) is 6.59. The fourth-order valence-corrected chi connectivity index (χ4v) is 6.59. The van der Waals surface area contributed by atoms with Crippen LogP contribution in [0.2, 0.25) is 0 Å². The van der Waals surface area contributed by atoms with E-state index in [1.807, 2.05) is 86.6 Å². The number of H-pyrrole nitrogens is 1. The molecule has 4 atom stereocenters. The number of fused-ring (bicyclic) bond motifs is 1. The molecule has 4 aromatic rings. The molecule has 1 aliphatic rings. The molecular formula is C41H53N7O7. The maximum atomic E-state index is 14.2. The predicted octanol–water partition coefficient (Wildman–Crippen LogP) is 2.86. The second kappa shape index (κ2) is 21.0. The normalized spacial score (nSPS) is 15.4. The summed E-state index contributed by atoms with van der Waals surface area (Å²) in [5, 5.41) is 24.5. The monoisotopic (exact) mass is 755 g/mol. The lowest BCUT2D eigenvalue weighted by Crippen LogP contribution is -2.57. The van der Waals surface area contributed by atoms with E-state index in [0.717, 1.165) is 35.0 Å². The maximum absolute atomic E-state index is 14.2. The molecule has 0 saturated carbocycles. The van der Waals surface area contributed by atoms with Crippen molar-refractivity contribution in [3.05, 3.63) is 102 Å². The molecule has 6 N–H and O–H groups in total. The van der Waals surface area contributed by atoms with Crippen molar-refractivity contribution in [3.63, 3.8) is 0 Å². The minimum Gasteiger partial charge on any atom is -0.445 e. The molecule has 14 nitrogen and oxygen atoms in total. The first-order valence-electron chi connectivity index (χ1n) is 18.9. The lowest BCUT2D eigenvalue weighted by molar-refractivity contribution is -0.131. The van der Waals surface area contributed by atoms with E-state index in [2.05, 4.69) is 36.1 Å². The number of carbonyl (C=O) groups is 4. The Kier molecular flexibility index (Phi) is 15.6. The third kappa shape index (κ3) is 13.2. The molecule has 0 radical (unpaired) electrons. The summed E-state index contributed by atoms with van der Waals surface area (Å²) in [4.78, 5) is 63.5. The second-order valence-electron chi connectivity index (χ2n) is 14.3. The zero-order valence-corrected chi connectivity index (χ0v) is 31.5. The van der Waals surface area contributed by atoms with E-state index in [9.17, 15) is 24.3 Å². The van der Waals surface area contributed by atoms with Crippen molar-refractivity contribution in [2.75, 3.05) is 39.4 Å². The van der Waals surface area contributed by atoms with Gasteiger partial charge in [0.25, 0.3) is 0 Å². The summed E-state index contributed by atoms with van der Waals surface area (Å²) in [6.07, 6.45) is 1.40. The van der Waals surface area contributed by atoms with Gasteiger partial charge in [0.15, 0.2) is 0 Å². The Hall–Kier alpha value is -5.31. The number of carbonyl (C=O) groups excluding carboxylic acids is 4. The van der Waals surface area contributed by atoms with Crippen LogP contribution in [0, 0.1) is 5.92 Å². The van der Waals surface area contributed by atoms with Crippen LogP contribution in [0.3, 0.4) is 0 Å². The molecule has 294 valence electrons. The van der Waals surface area contributed by atoms with Gasteiger partial charge in [0.2, 0.25) is 17.7 Å². The highest BCUT2D eigenvalue weighted by Gasteiger charge is 2.32. The SMILES string of the molecule is CC(C)C[C@H](NC(=O)[C@H](Cc1cnc[nH]1)NC(=O)[C@H](Cc1cccc2ccccc12)NC(=O)OCc1ccccc1)[C@@H](O)CC(=O)NCCN1CCOCC1. The van der Waals surface area contributed by atoms with Gasteiger partial charge in [-0.05, 0) is 34.2 Å². The van der Waals surface area contributed by atoms with Crippen molar-refractivity contribution in [1.29, 1.82) is 0 Å². The van der Waals surface area contributed by atoms with E-state index >= 15 is 0 Å². The van der Waals surface area contributed by atoms with Crippen molar-refractivity contribution in [2.45, 2.75) is 70.4 Å². The number of hydrogen-bond acceptors (Lipinski definition) is 9. The summed E-state index contributed by atoms with van der Waals surface area (Å²) in [5.41, 5.74) is 2.19. The number of morpholine rings is 1. The number of aliphatic hydroxyl groups is 1. The topological polar surface area (TPSA) is 187 Å². The number of aliphatic hydroxyl groups excluding tert-OH is 1. The van der Waals surface area contributed by atoms with Gasteiger partial charge in [-0.15, -0.1) is 0 Å². The van der Waals surface area contributed by atoms with Crippen molar-refractivity contribution in [1.82, 2.24) is 36.1 Å². The largest absolute Gasteiger partial charge is 0.445 e. The van der Waals surface area contributed by atoms with Crippen molar-refractivity contribution >= 4 is 34.6 Å². The van der Waals surface area contributed by atoms with E-state index in [4.69, 9.17) is 9.47 Å². The number of aromatic nitrogens is 2. The van der Waals surface area contributed by atoms with Gasteiger partial charge in [0, 0.05) is 50.9 Å². The van der Waals surface area contributed by atoms with Gasteiger partial charge >= 0.3 is 6.09 Å². The number of amides is 4. The zero-order chi connectivity index (χ0) is 39.0. The van der Waals surface area contributed by atoms with Crippen LogP contribution in [0.1, 0.15) is 43.5 Å². The smallest absolute Gasteiger partial charge is 0.408 e. The molecule has 0 unspecified atom stereocenters. The van der Waals surface area contributed by atoms with Crippen LogP contribution in [0.25, 0.3) is 10.8 Å². The summed E-state index contributed by atoms with van der Waals surface area (Å²) in [5.74, 6) is -1.42. The number of imidazole rings is 1. The minimum atomic E-state index is -1.18. The van der Waals surface area contributed by atoms with Gasteiger partial charge in [-0.1, -0.05) is 86.6 Å². The van der Waals surface area contributed by atoms with Crippen molar-refractivity contribution in [3.8, 4) is 0 Å². The van der Waals surface area contributed by atoms with Crippen LogP contribution in [-0.4, -0.2) is 107 Å². The highest BCUT2D eigenvalue weighted by atomic mass is 16.5. The van der Waals surface area contributed by atoms with Crippen LogP contribution >= 0.6 is 0 Å². The zero-order valence-electron chi connectivity index (χ0n) is 31.5. The average Bonchev–Trinajstić information content (AvgIpc) is 3.70. The van der Waals surface area contributed by atoms with E-state index in [0.29, 0.717) is 38.4 Å². The second-order valence-corrected chi connectivity index (χ2v) is 14.3. The van der Waals surface area contributed by atoms with Gasteiger partial charge in [-0.2, -0.15) is 0 Å². The molecule has 0 aliphatic carbocycles. The van der Waals surface area contributed by atoms with Gasteiger partial charge in [-0.3, -0.25) is 19.3 Å². The molecule has 55 heavy (non-hydrogen) atoms. The molecule has 1 aromatic heterocycles. The molecule has 4 amide bonds. The average molecular weight is 756 g/mol. The van der Waals surface area contributed by atoms with Crippen LogP contribution in [0.5, 0.6) is 0 Å². The Balaban J connectivity index is 1.29. The van der Waals surface area contributed by atoms with Crippen LogP contribution in [0.15, 0.2) is 85.3 Å². The van der Waals surface area contributed by atoms with Crippen LogP contribution < -0.4 is 21.3 Å². The van der Waals surface area contributed by atoms with Crippen molar-refractivity contribution < 1.29 is 33.8 Å². The van der Waals surface area contributed by atoms with E-state index in [1.165, 1.54) is 6.33 Å². The third-order valence-corrected chi connectivity index (χ3v) is 9.50. The number of nitrogens with one attached hydrogen (secondary N) is 5. The highest BCUT2D eigenvalue weighted by molar-refractivity contribution is 5.93. The van der Waals surface area contributed by atoms with Crippen LogP contribution in [0.4, 0.5) is 4.79 Å². The first-order chi connectivity index (χ1) is 26.6. The molecule has 2 heterocycles. The number of alkyl carbamates (subject to hydrolysis) is 1. The standard InChI is InChI=1S/C41H53N7O7/c1-28(2)21-34(37(49)24-38(50)43-15-16-48-17-19-54-20-18-48)45-40(52)36(23-32-25-42-27-44-32)46-39(51)35(47-41(53)55-26-29-9-4-3-5-10-29)22-31-13-8-12-30-11-6-7-14-33(30)31/h3-14,25,27-28,34-37,49H,15-24,26H2,1-2H3,(H,42,44)(H,43,50)(H,45,52)(H,46,51)(H,47,53)/t34-,35-,36-,37-/m0/s1. The molecule has 1 saturated heterocycles. The van der Waals surface area contributed by atoms with E-state index in [-0.39, 0.29) is 37.7 Å². The number of hydrogen-bond donors (Lipinski definition) is 6. The van der Waals surface area contributed by atoms with Gasteiger partial charge in [0.1, 0.15) is 18.7 Å². The summed E-state index contributed by atoms with van der Waals surface area (Å²) >= 11 is 0. The van der Waals surface area contributed by atoms with Gasteiger partial charge in [-0.25, -0.2) is 9.78 Å². The number of aromatic amines is 1. The molecule has 14 heteroatoms. The summed E-state index contributed by atoms with van der Waals surface area (Å²) in [6.45, 7) is 7.95. The lowest BCUT2D eigenvalue weighted by Gasteiger charge is -2.29. The minimum absolute atomic E-state index is 0.00555. The summed E-state index contributed by atoms with van der Waals surface area (Å²) in [7, 11) is 0. The third-order valence-electron chi connectivity index (χ3n) is 9.50. The molecule has 3 aromatic carbocycles. The predicted molar refractivity (Wildman–Crippen MR) is 208 cm³/mol. The Labute approximate surface area is 321 Å². The highest BCUT2D eigenvalue weighted by Crippen LogP contribution is 2.20. The molecule has 0 spiro atoms. The quantitative estimate of drug-likeness (QED) is 0.0837. The van der Waals surface area contributed by atoms with Gasteiger partial charge in [0.05, 0.1) is 38.1 Å². The molecule has 1 fully saturated rings. The number of ether oxygens (including phenoxy) is 2. The first kappa shape index (κ1) is 40.9. The summed E-state index contributed by atoms with van der Waals surface area (Å²) < 4.78 is 10.9. The molecule has 1 aliphatic heterocycles. The summed E-state index contributed by atoms with van der Waals surface area (Å²) in [6, 6.07) is 19.7. The number of nitrogens with zero attached hydrogens (tertiary/aromatic N) is 2. The Bertz CT molecular complexity index is 1810. The number of benzene rings is 3. The molecule has 0 bridgehead atoms. The van der Waals surface area contributed by atoms with E-state index in [1.54, 1.807) is 6.20 Å². The van der Waals surface area contributed by atoms with Gasteiger partial charge < -0.3 is 40.8 Å². The fraction of sp³-hybridized carbons (Fsp3) is 0.439. The molecular weight excluding hydrogens is 702 g/mol. The molecule has 5 rings (SSSR count). The number of rotatable bonds is 19. The Morgan fingerprint density at radius 3 is 2.35 bits per heavy atom. The maximum Gasteiger partial charge on any atom is 0.408 e. The van der Waals surface area contributed by atoms with Crippen molar-refractivity contribution in [2.24, 2.45) is 5.92 Å². The van der Waals surface area contributed by atoms with Crippen LogP contribution in [-0.2, 0) is 43.3 Å². The first-order valence-corrected chi connectivity index (χ1v) is 18.9. The Morgan fingerprint density at radius 1 is 0.891 bits per heavy atom. The Morgan fingerprint density at radius 2 is 1.60 bits per heavy atom. The lowest BCUT2D eigenvalue weighted by atomic mass is 9.96.